The highest BCUT2D eigenvalue weighted by atomic mass is 16.2. The molecule has 136 valence electrons. The van der Waals surface area contributed by atoms with Gasteiger partial charge in [0.15, 0.2) is 0 Å². The lowest BCUT2D eigenvalue weighted by Gasteiger charge is -2.19. The molecule has 0 aliphatic heterocycles. The fraction of sp³-hybridized carbons (Fsp3) is 0.130. The second kappa shape index (κ2) is 8.81. The number of hydrogen-bond donors (Lipinski definition) is 2. The standard InChI is InChI=1S/C23H22N2O2/c1-17-9-8-14-20(15-17)24-22(26)16-21(18-10-4-2-5-11-18)25-23(27)19-12-6-3-7-13-19/h2-15,21H,16H2,1H3,(H,24,26)(H,25,27)/t21-/m0/s1. The Labute approximate surface area is 159 Å². The maximum atomic E-state index is 12.6. The third-order valence-corrected chi connectivity index (χ3v) is 4.23. The molecular formula is C23H22N2O2. The van der Waals surface area contributed by atoms with Crippen LogP contribution < -0.4 is 10.6 Å². The summed E-state index contributed by atoms with van der Waals surface area (Å²) >= 11 is 0. The van der Waals surface area contributed by atoms with E-state index in [2.05, 4.69) is 10.6 Å². The molecule has 3 aromatic carbocycles. The number of rotatable bonds is 6. The molecule has 0 unspecified atom stereocenters. The van der Waals surface area contributed by atoms with E-state index in [9.17, 15) is 9.59 Å². The van der Waals surface area contributed by atoms with Gasteiger partial charge in [-0.25, -0.2) is 0 Å². The maximum Gasteiger partial charge on any atom is 0.251 e. The third kappa shape index (κ3) is 5.28. The largest absolute Gasteiger partial charge is 0.345 e. The van der Waals surface area contributed by atoms with E-state index in [4.69, 9.17) is 0 Å². The molecule has 0 aliphatic rings. The Kier molecular flexibility index (Phi) is 6.00. The fourth-order valence-electron chi connectivity index (χ4n) is 2.89. The summed E-state index contributed by atoms with van der Waals surface area (Å²) in [5.41, 5.74) is 3.28. The van der Waals surface area contributed by atoms with E-state index < -0.39 is 6.04 Å². The van der Waals surface area contributed by atoms with Gasteiger partial charge < -0.3 is 10.6 Å². The molecule has 3 rings (SSSR count). The zero-order valence-corrected chi connectivity index (χ0v) is 15.2. The summed E-state index contributed by atoms with van der Waals surface area (Å²) in [7, 11) is 0. The Morgan fingerprint density at radius 3 is 2.19 bits per heavy atom. The lowest BCUT2D eigenvalue weighted by molar-refractivity contribution is -0.116. The van der Waals surface area contributed by atoms with Crippen molar-refractivity contribution in [1.29, 1.82) is 0 Å². The second-order valence-electron chi connectivity index (χ2n) is 6.42. The molecule has 0 aliphatic carbocycles. The molecule has 0 fully saturated rings. The van der Waals surface area contributed by atoms with Gasteiger partial charge in [0.1, 0.15) is 0 Å². The van der Waals surface area contributed by atoms with Gasteiger partial charge in [-0.15, -0.1) is 0 Å². The van der Waals surface area contributed by atoms with Gasteiger partial charge >= 0.3 is 0 Å². The highest BCUT2D eigenvalue weighted by Crippen LogP contribution is 2.19. The van der Waals surface area contributed by atoms with Crippen molar-refractivity contribution in [3.63, 3.8) is 0 Å². The van der Waals surface area contributed by atoms with Gasteiger partial charge in [-0.2, -0.15) is 0 Å². The van der Waals surface area contributed by atoms with Gasteiger partial charge in [-0.05, 0) is 42.3 Å². The molecule has 4 heteroatoms. The number of carbonyl (C=O) groups is 2. The van der Waals surface area contributed by atoms with Gasteiger partial charge in [0.25, 0.3) is 5.91 Å². The van der Waals surface area contributed by atoms with Gasteiger partial charge in [0.2, 0.25) is 5.91 Å². The Balaban J connectivity index is 1.74. The van der Waals surface area contributed by atoms with Crippen LogP contribution in [-0.4, -0.2) is 11.8 Å². The first-order chi connectivity index (χ1) is 13.1. The van der Waals surface area contributed by atoms with Crippen molar-refractivity contribution in [2.24, 2.45) is 0 Å². The lowest BCUT2D eigenvalue weighted by Crippen LogP contribution is -2.31. The molecule has 0 heterocycles. The number of nitrogens with one attached hydrogen (secondary N) is 2. The van der Waals surface area contributed by atoms with E-state index in [0.29, 0.717) is 5.56 Å². The van der Waals surface area contributed by atoms with Crippen molar-refractivity contribution in [1.82, 2.24) is 5.32 Å². The van der Waals surface area contributed by atoms with Crippen molar-refractivity contribution < 1.29 is 9.59 Å². The van der Waals surface area contributed by atoms with Gasteiger partial charge in [0.05, 0.1) is 12.5 Å². The van der Waals surface area contributed by atoms with Crippen LogP contribution in [0.1, 0.15) is 33.9 Å². The number of carbonyl (C=O) groups excluding carboxylic acids is 2. The molecule has 27 heavy (non-hydrogen) atoms. The molecule has 1 atom stereocenters. The van der Waals surface area contributed by atoms with Crippen LogP contribution in [0.3, 0.4) is 0 Å². The predicted octanol–water partition coefficient (Wildman–Crippen LogP) is 4.49. The second-order valence-corrected chi connectivity index (χ2v) is 6.42. The monoisotopic (exact) mass is 358 g/mol. The van der Waals surface area contributed by atoms with Crippen molar-refractivity contribution in [3.8, 4) is 0 Å². The molecule has 0 saturated carbocycles. The summed E-state index contributed by atoms with van der Waals surface area (Å²) in [6.45, 7) is 1.97. The minimum absolute atomic E-state index is 0.149. The Morgan fingerprint density at radius 1 is 0.852 bits per heavy atom. The van der Waals surface area contributed by atoms with Crippen LogP contribution in [0.5, 0.6) is 0 Å². The summed E-state index contributed by atoms with van der Waals surface area (Å²) < 4.78 is 0. The van der Waals surface area contributed by atoms with Gasteiger partial charge in [-0.3, -0.25) is 9.59 Å². The zero-order valence-electron chi connectivity index (χ0n) is 15.2. The minimum atomic E-state index is -0.413. The van der Waals surface area contributed by atoms with Crippen LogP contribution in [0.4, 0.5) is 5.69 Å². The van der Waals surface area contributed by atoms with Crippen LogP contribution in [0.25, 0.3) is 0 Å². The zero-order chi connectivity index (χ0) is 19.1. The Morgan fingerprint density at radius 2 is 1.52 bits per heavy atom. The molecule has 2 N–H and O–H groups in total. The van der Waals surface area contributed by atoms with E-state index in [-0.39, 0.29) is 18.2 Å². The van der Waals surface area contributed by atoms with Crippen molar-refractivity contribution in [3.05, 3.63) is 102 Å². The van der Waals surface area contributed by atoms with Crippen LogP contribution >= 0.6 is 0 Å². The molecule has 0 bridgehead atoms. The first-order valence-corrected chi connectivity index (χ1v) is 8.89. The van der Waals surface area contributed by atoms with E-state index in [1.165, 1.54) is 0 Å². The highest BCUT2D eigenvalue weighted by Gasteiger charge is 2.19. The molecule has 0 saturated heterocycles. The van der Waals surface area contributed by atoms with E-state index in [1.807, 2.05) is 79.7 Å². The van der Waals surface area contributed by atoms with Gasteiger partial charge in [0, 0.05) is 11.3 Å². The van der Waals surface area contributed by atoms with Crippen LogP contribution in [0, 0.1) is 6.92 Å². The molecule has 0 aromatic heterocycles. The average molecular weight is 358 g/mol. The first kappa shape index (κ1) is 18.4. The smallest absolute Gasteiger partial charge is 0.251 e. The SMILES string of the molecule is Cc1cccc(NC(=O)C[C@H](NC(=O)c2ccccc2)c2ccccc2)c1. The quantitative estimate of drug-likeness (QED) is 0.682. The van der Waals surface area contributed by atoms with Crippen molar-refractivity contribution in [2.45, 2.75) is 19.4 Å². The van der Waals surface area contributed by atoms with Crippen LogP contribution in [-0.2, 0) is 4.79 Å². The summed E-state index contributed by atoms with van der Waals surface area (Å²) in [5, 5.41) is 5.88. The predicted molar refractivity (Wildman–Crippen MR) is 108 cm³/mol. The van der Waals surface area contributed by atoms with Gasteiger partial charge in [-0.1, -0.05) is 60.7 Å². The number of anilines is 1. The fourth-order valence-corrected chi connectivity index (χ4v) is 2.89. The molecule has 0 spiro atoms. The average Bonchev–Trinajstić information content (AvgIpc) is 2.69. The molecule has 3 aromatic rings. The van der Waals surface area contributed by atoms with E-state index in [0.717, 1.165) is 16.8 Å². The van der Waals surface area contributed by atoms with Crippen molar-refractivity contribution in [2.75, 3.05) is 5.32 Å². The van der Waals surface area contributed by atoms with E-state index >= 15 is 0 Å². The number of hydrogen-bond acceptors (Lipinski definition) is 2. The maximum absolute atomic E-state index is 12.6. The number of benzene rings is 3. The molecule has 0 radical (unpaired) electrons. The van der Waals surface area contributed by atoms with Crippen LogP contribution in [0.2, 0.25) is 0 Å². The lowest BCUT2D eigenvalue weighted by atomic mass is 10.0. The first-order valence-electron chi connectivity index (χ1n) is 8.89. The summed E-state index contributed by atoms with van der Waals surface area (Å²) in [6, 6.07) is 25.8. The Hall–Kier alpha value is -3.40. The topological polar surface area (TPSA) is 58.2 Å². The number of amides is 2. The minimum Gasteiger partial charge on any atom is -0.345 e. The summed E-state index contributed by atoms with van der Waals surface area (Å²) in [4.78, 5) is 25.1. The number of aryl methyl sites for hydroxylation is 1. The third-order valence-electron chi connectivity index (χ3n) is 4.23. The normalized spacial score (nSPS) is 11.4. The summed E-state index contributed by atoms with van der Waals surface area (Å²) in [6.07, 6.45) is 0.149. The van der Waals surface area contributed by atoms with Crippen molar-refractivity contribution >= 4 is 17.5 Å². The highest BCUT2D eigenvalue weighted by molar-refractivity contribution is 5.95. The summed E-state index contributed by atoms with van der Waals surface area (Å²) in [5.74, 6) is -0.351. The van der Waals surface area contributed by atoms with E-state index in [1.54, 1.807) is 12.1 Å². The van der Waals surface area contributed by atoms with Crippen LogP contribution in [0.15, 0.2) is 84.9 Å². The molecule has 4 nitrogen and oxygen atoms in total. The Bertz CT molecular complexity index is 908. The molecule has 2 amide bonds. The molecular weight excluding hydrogens is 336 g/mol.